The van der Waals surface area contributed by atoms with Crippen LogP contribution in [0.15, 0.2) is 35.4 Å². The van der Waals surface area contributed by atoms with E-state index in [0.29, 0.717) is 0 Å². The smallest absolute Gasteiger partial charge is 0.272 e. The number of nitrogens with one attached hydrogen (secondary N) is 1. The number of nitro groups is 1. The van der Waals surface area contributed by atoms with Gasteiger partial charge in [0.2, 0.25) is 0 Å². The van der Waals surface area contributed by atoms with E-state index < -0.39 is 22.3 Å². The van der Waals surface area contributed by atoms with Crippen molar-refractivity contribution in [1.82, 2.24) is 5.43 Å². The number of halogens is 2. The number of rotatable bonds is 4. The van der Waals surface area contributed by atoms with Gasteiger partial charge < -0.3 is 5.11 Å². The second-order valence-electron chi connectivity index (χ2n) is 4.78. The normalized spacial score (nSPS) is 10.8. The predicted octanol–water partition coefficient (Wildman–Crippen LogP) is 3.05. The number of carbonyl (C=O) groups is 1. The summed E-state index contributed by atoms with van der Waals surface area (Å²) in [5.41, 5.74) is 2.51. The number of hydrogen-bond acceptors (Lipinski definition) is 5. The molecule has 24 heavy (non-hydrogen) atoms. The largest absolute Gasteiger partial charge is 0.867 e. The molecule has 0 aromatic heterocycles. The molecule has 124 valence electrons. The van der Waals surface area contributed by atoms with Gasteiger partial charge in [-0.15, -0.1) is 0 Å². The fourth-order valence-electron chi connectivity index (χ4n) is 1.86. The first-order valence-corrected chi connectivity index (χ1v) is 7.29. The summed E-state index contributed by atoms with van der Waals surface area (Å²) in [7, 11) is 0. The zero-order valence-electron chi connectivity index (χ0n) is 12.2. The monoisotopic (exact) mass is 366 g/mol. The Morgan fingerprint density at radius 3 is 2.62 bits per heavy atom. The summed E-state index contributed by atoms with van der Waals surface area (Å²) < 4.78 is 0. The van der Waals surface area contributed by atoms with Gasteiger partial charge in [0.25, 0.3) is 11.6 Å². The molecule has 0 unspecified atom stereocenters. The van der Waals surface area contributed by atoms with E-state index in [0.717, 1.165) is 17.8 Å². The molecule has 2 aromatic carbocycles. The van der Waals surface area contributed by atoms with Gasteiger partial charge in [0.1, 0.15) is 0 Å². The van der Waals surface area contributed by atoms with Crippen molar-refractivity contribution in [3.63, 3.8) is 0 Å². The van der Waals surface area contributed by atoms with Crippen molar-refractivity contribution in [2.75, 3.05) is 0 Å². The third-order valence-electron chi connectivity index (χ3n) is 3.00. The average Bonchev–Trinajstić information content (AvgIpc) is 2.49. The molecule has 0 aliphatic rings. The molecule has 7 nitrogen and oxygen atoms in total. The molecule has 0 saturated carbocycles. The molecule has 1 N–H and O–H groups in total. The first-order chi connectivity index (χ1) is 11.3. The molecule has 0 bridgehead atoms. The zero-order valence-corrected chi connectivity index (χ0v) is 13.8. The van der Waals surface area contributed by atoms with E-state index in [9.17, 15) is 20.0 Å². The highest BCUT2D eigenvalue weighted by Crippen LogP contribution is 2.29. The minimum atomic E-state index is -0.851. The van der Waals surface area contributed by atoms with Crippen LogP contribution >= 0.6 is 23.2 Å². The Kier molecular flexibility index (Phi) is 5.38. The molecular formula is C15H10Cl2N3O4-. The summed E-state index contributed by atoms with van der Waals surface area (Å²) in [6.45, 7) is 1.83. The van der Waals surface area contributed by atoms with Crippen molar-refractivity contribution in [3.8, 4) is 5.75 Å². The second-order valence-corrected chi connectivity index (χ2v) is 5.63. The summed E-state index contributed by atoms with van der Waals surface area (Å²) in [5.74, 6) is -1.43. The summed E-state index contributed by atoms with van der Waals surface area (Å²) in [5, 5.41) is 26.5. The Hall–Kier alpha value is -2.64. The van der Waals surface area contributed by atoms with Gasteiger partial charge in [0, 0.05) is 11.1 Å². The zero-order chi connectivity index (χ0) is 17.9. The predicted molar refractivity (Wildman–Crippen MR) is 88.8 cm³/mol. The molecule has 1 amide bonds. The minimum absolute atomic E-state index is 0.00987. The quantitative estimate of drug-likeness (QED) is 0.509. The van der Waals surface area contributed by atoms with Gasteiger partial charge in [0.05, 0.1) is 21.7 Å². The van der Waals surface area contributed by atoms with E-state index in [1.165, 1.54) is 12.1 Å². The lowest BCUT2D eigenvalue weighted by Crippen LogP contribution is -2.18. The van der Waals surface area contributed by atoms with Crippen molar-refractivity contribution < 1.29 is 14.8 Å². The first kappa shape index (κ1) is 17.7. The van der Waals surface area contributed by atoms with E-state index in [1.54, 1.807) is 12.1 Å². The molecule has 0 radical (unpaired) electrons. The van der Waals surface area contributed by atoms with Crippen molar-refractivity contribution in [2.45, 2.75) is 6.92 Å². The average molecular weight is 367 g/mol. The van der Waals surface area contributed by atoms with Crippen LogP contribution in [0.3, 0.4) is 0 Å². The summed E-state index contributed by atoms with van der Waals surface area (Å²) in [6, 6.07) is 7.03. The molecule has 0 spiro atoms. The Bertz CT molecular complexity index is 853. The second kappa shape index (κ2) is 7.29. The summed E-state index contributed by atoms with van der Waals surface area (Å²) >= 11 is 11.7. The van der Waals surface area contributed by atoms with Crippen LogP contribution in [0, 0.1) is 17.0 Å². The highest BCUT2D eigenvalue weighted by atomic mass is 35.5. The topological polar surface area (TPSA) is 108 Å². The van der Waals surface area contributed by atoms with Gasteiger partial charge in [0.15, 0.2) is 0 Å². The van der Waals surface area contributed by atoms with Crippen LogP contribution in [-0.4, -0.2) is 17.0 Å². The van der Waals surface area contributed by atoms with E-state index in [2.05, 4.69) is 10.5 Å². The molecule has 0 saturated heterocycles. The molecule has 0 heterocycles. The molecule has 2 aromatic rings. The maximum atomic E-state index is 12.0. The standard InChI is InChI=1S/C15H11Cl2N3O4/c1-8-2-3-11(12(17)4-8)15(22)19-18-7-9-5-10(16)6-13(14(9)21)20(23)24/h2-7,21H,1H3,(H,19,22)/p-1/b18-7-. The van der Waals surface area contributed by atoms with Crippen LogP contribution in [0.25, 0.3) is 0 Å². The van der Waals surface area contributed by atoms with E-state index >= 15 is 0 Å². The van der Waals surface area contributed by atoms with Crippen LogP contribution in [-0.2, 0) is 0 Å². The number of amides is 1. The molecule has 0 aliphatic heterocycles. The lowest BCUT2D eigenvalue weighted by molar-refractivity contribution is -0.398. The van der Waals surface area contributed by atoms with E-state index in [4.69, 9.17) is 23.2 Å². The molecule has 0 fully saturated rings. The number of benzene rings is 2. The number of hydrazone groups is 1. The fraction of sp³-hybridized carbons (Fsp3) is 0.0667. The van der Waals surface area contributed by atoms with Crippen LogP contribution in [0.2, 0.25) is 10.0 Å². The molecule has 0 atom stereocenters. The first-order valence-electron chi connectivity index (χ1n) is 6.54. The Labute approximate surface area is 146 Å². The summed E-state index contributed by atoms with van der Waals surface area (Å²) in [4.78, 5) is 21.9. The fourth-order valence-corrected chi connectivity index (χ4v) is 2.40. The molecule has 2 rings (SSSR count). The van der Waals surface area contributed by atoms with Crippen LogP contribution in [0.5, 0.6) is 5.75 Å². The van der Waals surface area contributed by atoms with Crippen LogP contribution < -0.4 is 10.5 Å². The van der Waals surface area contributed by atoms with Gasteiger partial charge in [-0.25, -0.2) is 5.43 Å². The number of nitrogens with zero attached hydrogens (tertiary/aromatic N) is 2. The molecular weight excluding hydrogens is 357 g/mol. The summed E-state index contributed by atoms with van der Waals surface area (Å²) in [6.07, 6.45) is 0.987. The maximum Gasteiger partial charge on any atom is 0.272 e. The highest BCUT2D eigenvalue weighted by molar-refractivity contribution is 6.34. The van der Waals surface area contributed by atoms with Crippen LogP contribution in [0.1, 0.15) is 21.5 Å². The van der Waals surface area contributed by atoms with Gasteiger partial charge >= 0.3 is 0 Å². The Morgan fingerprint density at radius 2 is 2.00 bits per heavy atom. The SMILES string of the molecule is Cc1ccc(C(=O)N/N=C\c2cc(Cl)cc([N+](=O)[O-])c2[O-])c(Cl)c1. The van der Waals surface area contributed by atoms with Gasteiger partial charge in [-0.3, -0.25) is 14.9 Å². The lowest BCUT2D eigenvalue weighted by Gasteiger charge is -2.10. The Morgan fingerprint density at radius 1 is 1.29 bits per heavy atom. The lowest BCUT2D eigenvalue weighted by atomic mass is 10.1. The van der Waals surface area contributed by atoms with Crippen molar-refractivity contribution >= 4 is 41.0 Å². The number of nitro benzene ring substituents is 1. The number of aryl methyl sites for hydroxylation is 1. The number of hydrogen-bond donors (Lipinski definition) is 1. The highest BCUT2D eigenvalue weighted by Gasteiger charge is 2.12. The van der Waals surface area contributed by atoms with Crippen LogP contribution in [0.4, 0.5) is 5.69 Å². The van der Waals surface area contributed by atoms with Crippen molar-refractivity contribution in [1.29, 1.82) is 0 Å². The van der Waals surface area contributed by atoms with Crippen molar-refractivity contribution in [2.24, 2.45) is 5.10 Å². The van der Waals surface area contributed by atoms with Gasteiger partial charge in [-0.1, -0.05) is 29.3 Å². The minimum Gasteiger partial charge on any atom is -0.867 e. The molecule has 0 aliphatic carbocycles. The third-order valence-corrected chi connectivity index (χ3v) is 3.53. The van der Waals surface area contributed by atoms with Gasteiger partial charge in [-0.2, -0.15) is 5.10 Å². The molecule has 9 heteroatoms. The van der Waals surface area contributed by atoms with E-state index in [-0.39, 0.29) is 21.2 Å². The van der Waals surface area contributed by atoms with Gasteiger partial charge in [-0.05, 0) is 42.0 Å². The number of carbonyl (C=O) groups excluding carboxylic acids is 1. The maximum absolute atomic E-state index is 12.0. The van der Waals surface area contributed by atoms with Crippen molar-refractivity contribution in [3.05, 3.63) is 67.2 Å². The Balaban J connectivity index is 2.20. The van der Waals surface area contributed by atoms with E-state index in [1.807, 2.05) is 6.92 Å². The third kappa shape index (κ3) is 4.01.